The fourth-order valence-electron chi connectivity index (χ4n) is 2.78. The van der Waals surface area contributed by atoms with Crippen molar-refractivity contribution in [2.45, 2.75) is 32.0 Å². The molecule has 0 aliphatic carbocycles. The van der Waals surface area contributed by atoms with E-state index in [1.807, 2.05) is 0 Å². The summed E-state index contributed by atoms with van der Waals surface area (Å²) in [6.45, 7) is 4.70. The molecule has 1 heterocycles. The number of thioether (sulfide) groups is 1. The van der Waals surface area contributed by atoms with Gasteiger partial charge in [-0.15, -0.1) is 0 Å². The first-order valence-corrected chi connectivity index (χ1v) is 11.4. The Morgan fingerprint density at radius 2 is 1.83 bits per heavy atom. The zero-order chi connectivity index (χ0) is 21.8. The third-order valence-electron chi connectivity index (χ3n) is 4.35. The Labute approximate surface area is 193 Å². The molecule has 9 heteroatoms. The van der Waals surface area contributed by atoms with Crippen molar-refractivity contribution < 1.29 is 4.79 Å². The van der Waals surface area contributed by atoms with Crippen LogP contribution >= 0.6 is 46.6 Å². The van der Waals surface area contributed by atoms with Crippen LogP contribution in [0.2, 0.25) is 15.1 Å². The van der Waals surface area contributed by atoms with Crippen molar-refractivity contribution in [1.82, 2.24) is 9.55 Å². The topological polar surface area (TPSA) is 64.0 Å². The van der Waals surface area contributed by atoms with Gasteiger partial charge in [0.25, 0.3) is 5.56 Å². The van der Waals surface area contributed by atoms with E-state index >= 15 is 0 Å². The first-order chi connectivity index (χ1) is 14.2. The number of anilines is 1. The molecule has 0 saturated carbocycles. The first-order valence-electron chi connectivity index (χ1n) is 9.32. The van der Waals surface area contributed by atoms with Gasteiger partial charge in [-0.2, -0.15) is 0 Å². The summed E-state index contributed by atoms with van der Waals surface area (Å²) >= 11 is 19.3. The lowest BCUT2D eigenvalue weighted by Crippen LogP contribution is -2.25. The maximum atomic E-state index is 13.0. The van der Waals surface area contributed by atoms with Gasteiger partial charge in [0.15, 0.2) is 5.16 Å². The number of nitrogens with zero attached hydrogens (tertiary/aromatic N) is 2. The van der Waals surface area contributed by atoms with E-state index < -0.39 is 0 Å². The minimum atomic E-state index is -0.278. The predicted molar refractivity (Wildman–Crippen MR) is 126 cm³/mol. The van der Waals surface area contributed by atoms with Crippen molar-refractivity contribution in [2.24, 2.45) is 5.92 Å². The van der Waals surface area contributed by atoms with E-state index in [4.69, 9.17) is 34.8 Å². The molecule has 1 aromatic heterocycles. The van der Waals surface area contributed by atoms with Gasteiger partial charge in [-0.05, 0) is 48.7 Å². The highest BCUT2D eigenvalue weighted by atomic mass is 35.5. The molecule has 0 aliphatic heterocycles. The molecule has 158 valence electrons. The van der Waals surface area contributed by atoms with Crippen LogP contribution in [-0.2, 0) is 11.3 Å². The lowest BCUT2D eigenvalue weighted by Gasteiger charge is -2.14. The van der Waals surface area contributed by atoms with Crippen LogP contribution in [0.4, 0.5) is 5.69 Å². The number of amides is 1. The molecule has 0 unspecified atom stereocenters. The Hall–Kier alpha value is -1.73. The maximum Gasteiger partial charge on any atom is 0.262 e. The summed E-state index contributed by atoms with van der Waals surface area (Å²) in [6, 6.07) is 9.86. The van der Waals surface area contributed by atoms with E-state index in [-0.39, 0.29) is 17.2 Å². The third kappa shape index (κ3) is 5.70. The summed E-state index contributed by atoms with van der Waals surface area (Å²) in [6.07, 6.45) is 0.818. The largest absolute Gasteiger partial charge is 0.324 e. The van der Waals surface area contributed by atoms with Gasteiger partial charge in [-0.1, -0.05) is 60.4 Å². The fraction of sp³-hybridized carbons (Fsp3) is 0.286. The van der Waals surface area contributed by atoms with Crippen LogP contribution in [0, 0.1) is 5.92 Å². The van der Waals surface area contributed by atoms with Crippen LogP contribution in [0.25, 0.3) is 10.9 Å². The smallest absolute Gasteiger partial charge is 0.262 e. The lowest BCUT2D eigenvalue weighted by atomic mass is 10.1. The minimum absolute atomic E-state index is 0.0586. The Balaban J connectivity index is 1.86. The molecule has 2 aromatic carbocycles. The normalized spacial score (nSPS) is 11.3. The van der Waals surface area contributed by atoms with Gasteiger partial charge in [-0.3, -0.25) is 14.2 Å². The van der Waals surface area contributed by atoms with Crippen LogP contribution < -0.4 is 10.9 Å². The average Bonchev–Trinajstić information content (AvgIpc) is 2.68. The molecule has 0 spiro atoms. The molecule has 0 radical (unpaired) electrons. The summed E-state index contributed by atoms with van der Waals surface area (Å²) < 4.78 is 1.63. The number of hydrogen-bond donors (Lipinski definition) is 1. The van der Waals surface area contributed by atoms with Gasteiger partial charge in [0.05, 0.1) is 27.4 Å². The number of aromatic nitrogens is 2. The zero-order valence-electron chi connectivity index (χ0n) is 16.4. The van der Waals surface area contributed by atoms with Crippen LogP contribution in [0.3, 0.4) is 0 Å². The number of rotatable bonds is 7. The molecule has 0 atom stereocenters. The standard InChI is InChI=1S/C21H20Cl3N3O2S/c1-12(2)7-8-27-20(29)15-5-3-13(22)9-17(15)26-21(27)30-11-19(28)25-18-10-14(23)4-6-16(18)24/h3-6,9-10,12H,7-8,11H2,1-2H3,(H,25,28). The molecule has 1 N–H and O–H groups in total. The monoisotopic (exact) mass is 483 g/mol. The SMILES string of the molecule is CC(C)CCn1c(SCC(=O)Nc2cc(Cl)ccc2Cl)nc2cc(Cl)ccc2c1=O. The van der Waals surface area contributed by atoms with E-state index in [0.717, 1.165) is 6.42 Å². The van der Waals surface area contributed by atoms with E-state index in [9.17, 15) is 9.59 Å². The number of nitrogens with one attached hydrogen (secondary N) is 1. The minimum Gasteiger partial charge on any atom is -0.324 e. The quantitative estimate of drug-likeness (QED) is 0.323. The van der Waals surface area contributed by atoms with Crippen molar-refractivity contribution in [3.63, 3.8) is 0 Å². The second kappa shape index (κ2) is 10.1. The van der Waals surface area contributed by atoms with Crippen molar-refractivity contribution >= 4 is 69.1 Å². The van der Waals surface area contributed by atoms with Gasteiger partial charge < -0.3 is 5.32 Å². The number of carbonyl (C=O) groups excluding carboxylic acids is 1. The van der Waals surface area contributed by atoms with E-state index in [2.05, 4.69) is 24.1 Å². The average molecular weight is 485 g/mol. The van der Waals surface area contributed by atoms with Gasteiger partial charge >= 0.3 is 0 Å². The molecular weight excluding hydrogens is 465 g/mol. The highest BCUT2D eigenvalue weighted by Gasteiger charge is 2.15. The Bertz CT molecular complexity index is 1150. The van der Waals surface area contributed by atoms with Crippen molar-refractivity contribution in [3.8, 4) is 0 Å². The number of carbonyl (C=O) groups is 1. The van der Waals surface area contributed by atoms with Crippen molar-refractivity contribution in [1.29, 1.82) is 0 Å². The maximum absolute atomic E-state index is 13.0. The molecule has 0 bridgehead atoms. The van der Waals surface area contributed by atoms with Crippen LogP contribution in [0.5, 0.6) is 0 Å². The number of halogens is 3. The highest BCUT2D eigenvalue weighted by Crippen LogP contribution is 2.26. The molecule has 3 rings (SSSR count). The van der Waals surface area contributed by atoms with Gasteiger partial charge in [0.2, 0.25) is 5.91 Å². The summed E-state index contributed by atoms with van der Waals surface area (Å²) in [5.41, 5.74) is 0.803. The number of fused-ring (bicyclic) bond motifs is 1. The second-order valence-electron chi connectivity index (χ2n) is 7.16. The van der Waals surface area contributed by atoms with E-state index in [1.165, 1.54) is 11.8 Å². The number of hydrogen-bond acceptors (Lipinski definition) is 4. The molecule has 5 nitrogen and oxygen atoms in total. The highest BCUT2D eigenvalue weighted by molar-refractivity contribution is 7.99. The Kier molecular flexibility index (Phi) is 7.69. The van der Waals surface area contributed by atoms with Crippen molar-refractivity contribution in [2.75, 3.05) is 11.1 Å². The van der Waals surface area contributed by atoms with Crippen LogP contribution in [-0.4, -0.2) is 21.2 Å². The zero-order valence-corrected chi connectivity index (χ0v) is 19.5. The molecule has 0 saturated heterocycles. The van der Waals surface area contributed by atoms with Gasteiger partial charge in [0.1, 0.15) is 0 Å². The Morgan fingerprint density at radius 1 is 1.13 bits per heavy atom. The molecule has 1 amide bonds. The lowest BCUT2D eigenvalue weighted by molar-refractivity contribution is -0.113. The molecule has 3 aromatic rings. The Morgan fingerprint density at radius 3 is 2.57 bits per heavy atom. The molecule has 30 heavy (non-hydrogen) atoms. The second-order valence-corrected chi connectivity index (χ2v) is 9.38. The molecule has 0 aliphatic rings. The number of benzene rings is 2. The predicted octanol–water partition coefficient (Wildman–Crippen LogP) is 6.13. The summed E-state index contributed by atoms with van der Waals surface area (Å²) in [5.74, 6) is 0.201. The van der Waals surface area contributed by atoms with Gasteiger partial charge in [-0.25, -0.2) is 4.98 Å². The van der Waals surface area contributed by atoms with Crippen LogP contribution in [0.15, 0.2) is 46.3 Å². The molecule has 0 fully saturated rings. The van der Waals surface area contributed by atoms with E-state index in [1.54, 1.807) is 41.0 Å². The first kappa shape index (κ1) is 22.9. The summed E-state index contributed by atoms with van der Waals surface area (Å²) in [7, 11) is 0. The molecular formula is C21H20Cl3N3O2S. The van der Waals surface area contributed by atoms with E-state index in [0.29, 0.717) is 49.3 Å². The summed E-state index contributed by atoms with van der Waals surface area (Å²) in [5, 5.41) is 5.08. The van der Waals surface area contributed by atoms with Gasteiger partial charge in [0, 0.05) is 16.6 Å². The summed E-state index contributed by atoms with van der Waals surface area (Å²) in [4.78, 5) is 30.1. The third-order valence-corrected chi connectivity index (χ3v) is 6.12. The van der Waals surface area contributed by atoms with Crippen LogP contribution in [0.1, 0.15) is 20.3 Å². The van der Waals surface area contributed by atoms with Crippen molar-refractivity contribution in [3.05, 3.63) is 61.8 Å². The fourth-order valence-corrected chi connectivity index (χ4v) is 4.11.